The van der Waals surface area contributed by atoms with Crippen LogP contribution in [0.4, 0.5) is 5.82 Å². The SMILES string of the molecule is CC(C)(C)[Si](C)(C)OC[C@@]12C[C@@H]1[C@@H](n1cnc3c(NC(=O)c4ccccc4)ncnc31)CC2=O. The first kappa shape index (κ1) is 22.9. The Kier molecular flexibility index (Phi) is 5.25. The molecule has 0 unspecified atom stereocenters. The molecule has 0 bridgehead atoms. The number of hydrogen-bond donors (Lipinski definition) is 1. The van der Waals surface area contributed by atoms with E-state index in [2.05, 4.69) is 54.1 Å². The Morgan fingerprint density at radius 2 is 1.94 bits per heavy atom. The van der Waals surface area contributed by atoms with Crippen LogP contribution in [0.15, 0.2) is 43.0 Å². The standard InChI is InChI=1S/C25H31N5O3Si/c1-24(2,3)34(4,5)33-13-25-12-17(25)18(11-19(25)31)30-15-28-20-21(26-14-27-22(20)30)29-23(32)16-9-7-6-8-10-16/h6-10,14-15,17-18H,11-13H2,1-5H3,(H,26,27,29,32)/t17-,18+,25+/m1/s1. The van der Waals surface area contributed by atoms with E-state index in [1.807, 2.05) is 22.8 Å². The van der Waals surface area contributed by atoms with Crippen molar-refractivity contribution in [1.29, 1.82) is 0 Å². The van der Waals surface area contributed by atoms with Crippen molar-refractivity contribution in [2.75, 3.05) is 11.9 Å². The molecule has 2 fully saturated rings. The third-order valence-electron chi connectivity index (χ3n) is 8.03. The molecule has 0 spiro atoms. The van der Waals surface area contributed by atoms with Gasteiger partial charge in [0.25, 0.3) is 5.91 Å². The molecule has 2 heterocycles. The third-order valence-corrected chi connectivity index (χ3v) is 12.5. The van der Waals surface area contributed by atoms with E-state index in [0.29, 0.717) is 35.6 Å². The molecule has 1 N–H and O–H groups in total. The van der Waals surface area contributed by atoms with Crippen LogP contribution < -0.4 is 5.32 Å². The highest BCUT2D eigenvalue weighted by Crippen LogP contribution is 2.66. The largest absolute Gasteiger partial charge is 0.416 e. The summed E-state index contributed by atoms with van der Waals surface area (Å²) >= 11 is 0. The number of nitrogens with one attached hydrogen (secondary N) is 1. The summed E-state index contributed by atoms with van der Waals surface area (Å²) in [5, 5.41) is 2.95. The van der Waals surface area contributed by atoms with Crippen LogP contribution in [0.5, 0.6) is 0 Å². The van der Waals surface area contributed by atoms with Gasteiger partial charge in [0.05, 0.1) is 11.7 Å². The fourth-order valence-corrected chi connectivity index (χ4v) is 5.77. The lowest BCUT2D eigenvalue weighted by atomic mass is 10.0. The Bertz CT molecular complexity index is 1270. The number of amides is 1. The molecule has 0 radical (unpaired) electrons. The normalized spacial score (nSPS) is 24.3. The van der Waals surface area contributed by atoms with Gasteiger partial charge in [-0.15, -0.1) is 0 Å². The first-order valence-corrected chi connectivity index (χ1v) is 14.7. The maximum atomic E-state index is 13.1. The van der Waals surface area contributed by atoms with E-state index in [-0.39, 0.29) is 34.1 Å². The van der Waals surface area contributed by atoms with Crippen molar-refractivity contribution in [3.63, 3.8) is 0 Å². The van der Waals surface area contributed by atoms with Gasteiger partial charge in [0.2, 0.25) is 0 Å². The highest BCUT2D eigenvalue weighted by Gasteiger charge is 2.68. The number of fused-ring (bicyclic) bond motifs is 2. The number of Topliss-reactive ketones (excluding diaryl/α,β-unsaturated/α-hetero) is 1. The van der Waals surface area contributed by atoms with Crippen LogP contribution in [-0.2, 0) is 9.22 Å². The van der Waals surface area contributed by atoms with Crippen molar-refractivity contribution in [1.82, 2.24) is 19.5 Å². The molecule has 2 aromatic heterocycles. The number of aromatic nitrogens is 4. The Hall–Kier alpha value is -2.91. The van der Waals surface area contributed by atoms with Gasteiger partial charge in [-0.25, -0.2) is 15.0 Å². The van der Waals surface area contributed by atoms with Crippen molar-refractivity contribution in [3.05, 3.63) is 48.5 Å². The Labute approximate surface area is 200 Å². The number of hydrogen-bond acceptors (Lipinski definition) is 6. The fraction of sp³-hybridized carbons (Fsp3) is 0.480. The van der Waals surface area contributed by atoms with Crippen LogP contribution in [0, 0.1) is 11.3 Å². The van der Waals surface area contributed by atoms with E-state index >= 15 is 0 Å². The van der Waals surface area contributed by atoms with E-state index in [0.717, 1.165) is 6.42 Å². The van der Waals surface area contributed by atoms with Gasteiger partial charge in [-0.3, -0.25) is 9.59 Å². The summed E-state index contributed by atoms with van der Waals surface area (Å²) in [6.07, 6.45) is 4.44. The third kappa shape index (κ3) is 3.67. The molecule has 178 valence electrons. The zero-order chi connectivity index (χ0) is 24.3. The predicted octanol–water partition coefficient (Wildman–Crippen LogP) is 4.62. The van der Waals surface area contributed by atoms with Gasteiger partial charge in [0, 0.05) is 24.6 Å². The summed E-state index contributed by atoms with van der Waals surface area (Å²) in [6.45, 7) is 11.6. The molecule has 1 amide bonds. The lowest BCUT2D eigenvalue weighted by molar-refractivity contribution is -0.124. The summed E-state index contributed by atoms with van der Waals surface area (Å²) in [5.74, 6) is 0.606. The maximum Gasteiger partial charge on any atom is 0.256 e. The highest BCUT2D eigenvalue weighted by molar-refractivity contribution is 6.74. The van der Waals surface area contributed by atoms with Crippen molar-refractivity contribution in [2.24, 2.45) is 11.3 Å². The number of carbonyl (C=O) groups excluding carboxylic acids is 2. The number of imidazole rings is 1. The molecule has 34 heavy (non-hydrogen) atoms. The number of carbonyl (C=O) groups is 2. The second-order valence-corrected chi connectivity index (χ2v) is 15.9. The second kappa shape index (κ2) is 7.81. The van der Waals surface area contributed by atoms with Gasteiger partial charge in [0.1, 0.15) is 12.1 Å². The van der Waals surface area contributed by atoms with E-state index in [1.165, 1.54) is 6.33 Å². The van der Waals surface area contributed by atoms with E-state index in [1.54, 1.807) is 18.5 Å². The number of ketones is 1. The molecule has 2 aliphatic rings. The molecule has 8 nitrogen and oxygen atoms in total. The number of anilines is 1. The highest BCUT2D eigenvalue weighted by atomic mass is 28.4. The van der Waals surface area contributed by atoms with Gasteiger partial charge >= 0.3 is 0 Å². The Morgan fingerprint density at radius 3 is 2.62 bits per heavy atom. The fourth-order valence-electron chi connectivity index (χ4n) is 4.71. The minimum Gasteiger partial charge on any atom is -0.416 e. The minimum atomic E-state index is -1.94. The number of rotatable bonds is 6. The molecule has 3 aromatic rings. The van der Waals surface area contributed by atoms with Crippen LogP contribution >= 0.6 is 0 Å². The smallest absolute Gasteiger partial charge is 0.256 e. The van der Waals surface area contributed by atoms with Crippen LogP contribution in [-0.4, -0.2) is 46.1 Å². The summed E-state index contributed by atoms with van der Waals surface area (Å²) < 4.78 is 8.46. The monoisotopic (exact) mass is 477 g/mol. The lowest BCUT2D eigenvalue weighted by Gasteiger charge is -2.37. The molecule has 5 rings (SSSR count). The molecule has 1 aromatic carbocycles. The van der Waals surface area contributed by atoms with Crippen LogP contribution in [0.3, 0.4) is 0 Å². The predicted molar refractivity (Wildman–Crippen MR) is 132 cm³/mol. The quantitative estimate of drug-likeness (QED) is 0.520. The zero-order valence-electron chi connectivity index (χ0n) is 20.3. The van der Waals surface area contributed by atoms with Gasteiger partial charge in [-0.2, -0.15) is 0 Å². The zero-order valence-corrected chi connectivity index (χ0v) is 21.3. The van der Waals surface area contributed by atoms with Crippen LogP contribution in [0.25, 0.3) is 11.2 Å². The number of benzene rings is 1. The topological polar surface area (TPSA) is 99.0 Å². The number of nitrogens with zero attached hydrogens (tertiary/aromatic N) is 4. The summed E-state index contributed by atoms with van der Waals surface area (Å²) in [7, 11) is -1.94. The van der Waals surface area contributed by atoms with Crippen LogP contribution in [0.2, 0.25) is 18.1 Å². The van der Waals surface area contributed by atoms with Gasteiger partial charge in [-0.1, -0.05) is 39.0 Å². The second-order valence-electron chi connectivity index (χ2n) is 11.1. The van der Waals surface area contributed by atoms with Gasteiger partial charge < -0.3 is 14.3 Å². The molecule has 2 saturated carbocycles. The Balaban J connectivity index is 1.37. The van der Waals surface area contributed by atoms with Crippen molar-refractivity contribution in [2.45, 2.75) is 57.8 Å². The van der Waals surface area contributed by atoms with E-state index in [9.17, 15) is 9.59 Å². The summed E-state index contributed by atoms with van der Waals surface area (Å²) in [5.41, 5.74) is 1.31. The average Bonchev–Trinajstić information content (AvgIpc) is 3.27. The molecule has 3 atom stereocenters. The lowest BCUT2D eigenvalue weighted by Crippen LogP contribution is -2.43. The van der Waals surface area contributed by atoms with Crippen molar-refractivity contribution in [3.8, 4) is 0 Å². The Morgan fingerprint density at radius 1 is 1.21 bits per heavy atom. The van der Waals surface area contributed by atoms with Crippen molar-refractivity contribution < 1.29 is 14.0 Å². The first-order chi connectivity index (χ1) is 16.0. The van der Waals surface area contributed by atoms with Crippen molar-refractivity contribution >= 4 is 37.0 Å². The molecule has 9 heteroatoms. The van der Waals surface area contributed by atoms with Gasteiger partial charge in [0.15, 0.2) is 25.3 Å². The molecule has 0 saturated heterocycles. The minimum absolute atomic E-state index is 0.00640. The molecule has 2 aliphatic carbocycles. The van der Waals surface area contributed by atoms with E-state index < -0.39 is 8.32 Å². The van der Waals surface area contributed by atoms with E-state index in [4.69, 9.17) is 4.43 Å². The molecular formula is C25H31N5O3Si. The van der Waals surface area contributed by atoms with Gasteiger partial charge in [-0.05, 0) is 42.6 Å². The molecule has 0 aliphatic heterocycles. The summed E-state index contributed by atoms with van der Waals surface area (Å²) in [4.78, 5) is 39.0. The molecular weight excluding hydrogens is 446 g/mol. The van der Waals surface area contributed by atoms with Crippen LogP contribution in [0.1, 0.15) is 50.0 Å². The maximum absolute atomic E-state index is 13.1. The average molecular weight is 478 g/mol. The first-order valence-electron chi connectivity index (χ1n) is 11.7. The summed E-state index contributed by atoms with van der Waals surface area (Å²) in [6, 6.07) is 8.97.